The summed E-state index contributed by atoms with van der Waals surface area (Å²) in [6.45, 7) is 6.98. The largest absolute Gasteiger partial charge is 0.0649 e. The lowest BCUT2D eigenvalue weighted by Gasteiger charge is -2.39. The van der Waals surface area contributed by atoms with Crippen molar-refractivity contribution in [2.24, 2.45) is 5.41 Å². The zero-order valence-electron chi connectivity index (χ0n) is 12.3. The molecular weight excluding hydrogens is 216 g/mol. The predicted molar refractivity (Wildman–Crippen MR) is 80.0 cm³/mol. The number of hydrogen-bond acceptors (Lipinski definition) is 0. The first-order valence-electron chi connectivity index (χ1n) is 7.82. The molecule has 1 aromatic rings. The van der Waals surface area contributed by atoms with E-state index in [1.54, 1.807) is 5.56 Å². The fraction of sp³-hybridized carbons (Fsp3) is 0.667. The zero-order chi connectivity index (χ0) is 13.0. The van der Waals surface area contributed by atoms with Crippen LogP contribution in [0.25, 0.3) is 0 Å². The topological polar surface area (TPSA) is 0 Å². The Morgan fingerprint density at radius 2 is 1.50 bits per heavy atom. The zero-order valence-corrected chi connectivity index (χ0v) is 12.3. The molecule has 0 heteroatoms. The fourth-order valence-electron chi connectivity index (χ4n) is 3.55. The van der Waals surface area contributed by atoms with Crippen LogP contribution in [0.1, 0.15) is 76.3 Å². The summed E-state index contributed by atoms with van der Waals surface area (Å²) in [5.74, 6) is 0.821. The van der Waals surface area contributed by atoms with Crippen LogP contribution in [0.5, 0.6) is 0 Å². The highest BCUT2D eigenvalue weighted by Crippen LogP contribution is 2.46. The molecule has 1 saturated carbocycles. The summed E-state index contributed by atoms with van der Waals surface area (Å²) in [7, 11) is 0. The van der Waals surface area contributed by atoms with Crippen LogP contribution < -0.4 is 0 Å². The van der Waals surface area contributed by atoms with Gasteiger partial charge in [0.1, 0.15) is 0 Å². The maximum Gasteiger partial charge on any atom is -0.0162 e. The third-order valence-corrected chi connectivity index (χ3v) is 5.41. The summed E-state index contributed by atoms with van der Waals surface area (Å²) < 4.78 is 0. The first kappa shape index (κ1) is 13.6. The van der Waals surface area contributed by atoms with Crippen molar-refractivity contribution in [2.75, 3.05) is 0 Å². The van der Waals surface area contributed by atoms with Crippen LogP contribution in [0.15, 0.2) is 24.3 Å². The Hall–Kier alpha value is -0.780. The van der Waals surface area contributed by atoms with Gasteiger partial charge in [0.2, 0.25) is 0 Å². The van der Waals surface area contributed by atoms with Gasteiger partial charge in [0.05, 0.1) is 0 Å². The molecule has 0 nitrogen and oxygen atoms in total. The average Bonchev–Trinajstić information content (AvgIpc) is 2.47. The van der Waals surface area contributed by atoms with Crippen LogP contribution in [-0.2, 0) is 6.42 Å². The van der Waals surface area contributed by atoms with Crippen molar-refractivity contribution in [1.29, 1.82) is 0 Å². The first-order valence-corrected chi connectivity index (χ1v) is 7.82. The Bertz CT molecular complexity index is 346. The van der Waals surface area contributed by atoms with Gasteiger partial charge in [-0.05, 0) is 54.6 Å². The van der Waals surface area contributed by atoms with Crippen LogP contribution >= 0.6 is 0 Å². The second-order valence-electron chi connectivity index (χ2n) is 6.08. The van der Waals surface area contributed by atoms with Crippen molar-refractivity contribution in [1.82, 2.24) is 0 Å². The maximum absolute atomic E-state index is 2.37. The Morgan fingerprint density at radius 1 is 0.944 bits per heavy atom. The highest BCUT2D eigenvalue weighted by molar-refractivity contribution is 5.25. The molecule has 0 unspecified atom stereocenters. The minimum atomic E-state index is 0.667. The molecule has 0 radical (unpaired) electrons. The van der Waals surface area contributed by atoms with Crippen LogP contribution in [0.3, 0.4) is 0 Å². The minimum Gasteiger partial charge on any atom is -0.0649 e. The van der Waals surface area contributed by atoms with E-state index in [0.29, 0.717) is 5.41 Å². The van der Waals surface area contributed by atoms with Gasteiger partial charge in [-0.2, -0.15) is 0 Å². The van der Waals surface area contributed by atoms with Gasteiger partial charge in [0.25, 0.3) is 0 Å². The van der Waals surface area contributed by atoms with E-state index in [4.69, 9.17) is 0 Å². The van der Waals surface area contributed by atoms with Crippen molar-refractivity contribution in [2.45, 2.75) is 71.6 Å². The van der Waals surface area contributed by atoms with Crippen LogP contribution in [0, 0.1) is 5.41 Å². The van der Waals surface area contributed by atoms with Crippen molar-refractivity contribution >= 4 is 0 Å². The molecule has 18 heavy (non-hydrogen) atoms. The highest BCUT2D eigenvalue weighted by Gasteiger charge is 2.32. The lowest BCUT2D eigenvalue weighted by molar-refractivity contribution is 0.159. The molecule has 1 fully saturated rings. The maximum atomic E-state index is 2.37. The molecular formula is C18H28. The molecule has 0 spiro atoms. The second-order valence-corrected chi connectivity index (χ2v) is 6.08. The van der Waals surface area contributed by atoms with Gasteiger partial charge in [0, 0.05) is 0 Å². The standard InChI is InChI=1S/C18H28/c1-4-15-7-9-16(10-8-15)17-11-13-18(5-2,6-3)14-12-17/h7-10,17H,4-6,11-14H2,1-3H3. The molecule has 0 heterocycles. The SMILES string of the molecule is CCc1ccc(C2CCC(CC)(CC)CC2)cc1. The summed E-state index contributed by atoms with van der Waals surface area (Å²) in [5, 5.41) is 0. The molecule has 0 bridgehead atoms. The summed E-state index contributed by atoms with van der Waals surface area (Å²) in [5.41, 5.74) is 3.71. The van der Waals surface area contributed by atoms with Crippen LogP contribution in [0.4, 0.5) is 0 Å². The Kier molecular flexibility index (Phi) is 4.48. The molecule has 100 valence electrons. The van der Waals surface area contributed by atoms with Gasteiger partial charge in [-0.15, -0.1) is 0 Å². The van der Waals surface area contributed by atoms with Crippen molar-refractivity contribution in [3.05, 3.63) is 35.4 Å². The predicted octanol–water partition coefficient (Wildman–Crippen LogP) is 5.71. The monoisotopic (exact) mass is 244 g/mol. The minimum absolute atomic E-state index is 0.667. The Morgan fingerprint density at radius 3 is 1.94 bits per heavy atom. The third kappa shape index (κ3) is 2.79. The lowest BCUT2D eigenvalue weighted by Crippen LogP contribution is -2.25. The molecule has 2 rings (SSSR count). The molecule has 0 atom stereocenters. The Labute approximate surface area is 113 Å². The number of benzene rings is 1. The lowest BCUT2D eigenvalue weighted by atomic mass is 9.66. The average molecular weight is 244 g/mol. The molecule has 0 N–H and O–H groups in total. The Balaban J connectivity index is 2.00. The van der Waals surface area contributed by atoms with Crippen LogP contribution in [0.2, 0.25) is 0 Å². The molecule has 1 aliphatic carbocycles. The summed E-state index contributed by atoms with van der Waals surface area (Å²) in [6.07, 6.45) is 9.54. The molecule has 0 amide bonds. The highest BCUT2D eigenvalue weighted by atomic mass is 14.4. The smallest absolute Gasteiger partial charge is 0.0162 e. The summed E-state index contributed by atoms with van der Waals surface area (Å²) >= 11 is 0. The van der Waals surface area contributed by atoms with E-state index >= 15 is 0 Å². The van der Waals surface area contributed by atoms with Gasteiger partial charge in [0.15, 0.2) is 0 Å². The first-order chi connectivity index (χ1) is 8.73. The van der Waals surface area contributed by atoms with E-state index in [1.165, 1.54) is 44.1 Å². The molecule has 1 aliphatic rings. The van der Waals surface area contributed by atoms with Gasteiger partial charge >= 0.3 is 0 Å². The second kappa shape index (κ2) is 5.91. The quantitative estimate of drug-likeness (QED) is 0.636. The van der Waals surface area contributed by atoms with Gasteiger partial charge in [-0.3, -0.25) is 0 Å². The molecule has 0 saturated heterocycles. The number of rotatable bonds is 4. The summed E-state index contributed by atoms with van der Waals surface area (Å²) in [6, 6.07) is 9.37. The molecule has 1 aromatic carbocycles. The van der Waals surface area contributed by atoms with Crippen molar-refractivity contribution < 1.29 is 0 Å². The van der Waals surface area contributed by atoms with Crippen LogP contribution in [-0.4, -0.2) is 0 Å². The molecule has 0 aromatic heterocycles. The van der Waals surface area contributed by atoms with E-state index in [0.717, 1.165) is 12.3 Å². The number of aryl methyl sites for hydroxylation is 1. The molecule has 0 aliphatic heterocycles. The van der Waals surface area contributed by atoms with Crippen molar-refractivity contribution in [3.8, 4) is 0 Å². The summed E-state index contributed by atoms with van der Waals surface area (Å²) in [4.78, 5) is 0. The third-order valence-electron chi connectivity index (χ3n) is 5.41. The van der Waals surface area contributed by atoms with E-state index in [2.05, 4.69) is 45.0 Å². The van der Waals surface area contributed by atoms with E-state index in [-0.39, 0.29) is 0 Å². The van der Waals surface area contributed by atoms with Gasteiger partial charge in [-0.1, -0.05) is 57.9 Å². The normalized spacial score (nSPS) is 19.9. The van der Waals surface area contributed by atoms with Gasteiger partial charge in [-0.25, -0.2) is 0 Å². The van der Waals surface area contributed by atoms with E-state index < -0.39 is 0 Å². The van der Waals surface area contributed by atoms with E-state index in [9.17, 15) is 0 Å². The van der Waals surface area contributed by atoms with E-state index in [1.807, 2.05) is 0 Å². The number of hydrogen-bond donors (Lipinski definition) is 0. The van der Waals surface area contributed by atoms with Gasteiger partial charge < -0.3 is 0 Å². The fourth-order valence-corrected chi connectivity index (χ4v) is 3.55. The van der Waals surface area contributed by atoms with Crippen molar-refractivity contribution in [3.63, 3.8) is 0 Å².